The zero-order valence-corrected chi connectivity index (χ0v) is 14.3. The van der Waals surface area contributed by atoms with Gasteiger partial charge in [-0.05, 0) is 29.8 Å². The molecule has 0 amide bonds. The average molecular weight is 410 g/mol. The molecule has 2 aromatic rings. The molecule has 0 aliphatic heterocycles. The maximum atomic E-state index is 14.1. The first-order valence-electron chi connectivity index (χ1n) is 6.44. The summed E-state index contributed by atoms with van der Waals surface area (Å²) >= 11 is 2.77. The van der Waals surface area contributed by atoms with Crippen molar-refractivity contribution in [2.24, 2.45) is 0 Å². The lowest BCUT2D eigenvalue weighted by atomic mass is 10.1. The molecule has 0 fully saturated rings. The number of methoxy groups -OCH3 is 1. The van der Waals surface area contributed by atoms with E-state index in [0.29, 0.717) is 0 Å². The van der Waals surface area contributed by atoms with Crippen LogP contribution >= 0.6 is 15.9 Å². The molecule has 3 N–H and O–H groups in total. The van der Waals surface area contributed by atoms with E-state index in [-0.39, 0.29) is 23.5 Å². The third-order valence-electron chi connectivity index (χ3n) is 2.85. The van der Waals surface area contributed by atoms with E-state index in [4.69, 9.17) is 10.5 Å². The van der Waals surface area contributed by atoms with Gasteiger partial charge in [0, 0.05) is 0 Å². The molecule has 130 valence electrons. The molecule has 1 aromatic heterocycles. The maximum Gasteiger partial charge on any atom is 0.232 e. The van der Waals surface area contributed by atoms with Crippen LogP contribution in [0, 0.1) is 17.5 Å². The molecule has 0 radical (unpaired) electrons. The summed E-state index contributed by atoms with van der Waals surface area (Å²) in [5, 5.41) is 2.31. The number of nitrogens with zero attached hydrogens (tertiary/aromatic N) is 3. The van der Waals surface area contributed by atoms with E-state index in [2.05, 4.69) is 36.2 Å². The highest BCUT2D eigenvalue weighted by molar-refractivity contribution is 9.10. The monoisotopic (exact) mass is 409 g/mol. The van der Waals surface area contributed by atoms with Gasteiger partial charge in [0.05, 0.1) is 7.11 Å². The van der Waals surface area contributed by atoms with Crippen molar-refractivity contribution in [3.63, 3.8) is 0 Å². The molecule has 24 heavy (non-hydrogen) atoms. The van der Waals surface area contributed by atoms with Crippen molar-refractivity contribution in [3.05, 3.63) is 27.7 Å². The minimum atomic E-state index is -1.95. The number of nitrogens with two attached hydrogens (primary N) is 1. The molecule has 0 aliphatic carbocycles. The minimum Gasteiger partial charge on any atom is -0.493 e. The van der Waals surface area contributed by atoms with Crippen molar-refractivity contribution in [1.29, 1.82) is 0 Å². The molecule has 0 aliphatic rings. The summed E-state index contributed by atoms with van der Waals surface area (Å²) in [5.41, 5.74) is 2.92. The molecule has 0 saturated heterocycles. The van der Waals surface area contributed by atoms with Crippen molar-refractivity contribution in [2.45, 2.75) is 19.5 Å². The SMILES string of the molecule is COc1c(Br)c(F)c(F)c(F)c1Nc1nc(N)nc(C(C)(C)F)n1. The van der Waals surface area contributed by atoms with Gasteiger partial charge in [-0.1, -0.05) is 0 Å². The molecule has 11 heteroatoms. The molecule has 0 bridgehead atoms. The van der Waals surface area contributed by atoms with Crippen LogP contribution in [0.3, 0.4) is 0 Å². The lowest BCUT2D eigenvalue weighted by molar-refractivity contribution is 0.206. The van der Waals surface area contributed by atoms with Gasteiger partial charge in [-0.3, -0.25) is 0 Å². The van der Waals surface area contributed by atoms with Crippen LogP contribution < -0.4 is 15.8 Å². The molecule has 0 atom stereocenters. The van der Waals surface area contributed by atoms with Gasteiger partial charge in [-0.15, -0.1) is 0 Å². The average Bonchev–Trinajstić information content (AvgIpc) is 2.49. The number of benzene rings is 1. The number of hydrogen-bond donors (Lipinski definition) is 2. The third kappa shape index (κ3) is 3.35. The van der Waals surface area contributed by atoms with E-state index in [0.717, 1.165) is 7.11 Å². The van der Waals surface area contributed by atoms with Gasteiger partial charge in [-0.25, -0.2) is 17.6 Å². The highest BCUT2D eigenvalue weighted by Crippen LogP contribution is 2.40. The largest absolute Gasteiger partial charge is 0.493 e. The second-order valence-electron chi connectivity index (χ2n) is 5.10. The number of alkyl halides is 1. The molecule has 1 heterocycles. The van der Waals surface area contributed by atoms with Crippen LogP contribution in [0.15, 0.2) is 4.47 Å². The number of rotatable bonds is 4. The fourth-order valence-corrected chi connectivity index (χ4v) is 2.27. The zero-order chi connectivity index (χ0) is 18.2. The molecular formula is C13H12BrF4N5O. The van der Waals surface area contributed by atoms with Crippen LogP contribution in [0.5, 0.6) is 5.75 Å². The highest BCUT2D eigenvalue weighted by Gasteiger charge is 2.27. The Kier molecular flexibility index (Phi) is 4.83. The van der Waals surface area contributed by atoms with E-state index >= 15 is 0 Å². The predicted octanol–water partition coefficient (Wildman–Crippen LogP) is 3.59. The first kappa shape index (κ1) is 18.2. The Bertz CT molecular complexity index is 797. The Labute approximate surface area is 142 Å². The maximum absolute atomic E-state index is 14.1. The van der Waals surface area contributed by atoms with Gasteiger partial charge in [0.15, 0.2) is 34.7 Å². The predicted molar refractivity (Wildman–Crippen MR) is 82.2 cm³/mol. The van der Waals surface area contributed by atoms with Crippen LogP contribution in [0.25, 0.3) is 0 Å². The Morgan fingerprint density at radius 1 is 1.08 bits per heavy atom. The Hall–Kier alpha value is -2.17. The van der Waals surface area contributed by atoms with Crippen LogP contribution in [0.2, 0.25) is 0 Å². The topological polar surface area (TPSA) is 86.0 Å². The van der Waals surface area contributed by atoms with Crippen molar-refractivity contribution in [1.82, 2.24) is 15.0 Å². The van der Waals surface area contributed by atoms with E-state index in [1.54, 1.807) is 0 Å². The van der Waals surface area contributed by atoms with Crippen LogP contribution in [-0.4, -0.2) is 22.1 Å². The smallest absolute Gasteiger partial charge is 0.232 e. The number of ether oxygens (including phenoxy) is 1. The van der Waals surface area contributed by atoms with Crippen molar-refractivity contribution in [3.8, 4) is 5.75 Å². The fourth-order valence-electron chi connectivity index (χ4n) is 1.74. The summed E-state index contributed by atoms with van der Waals surface area (Å²) in [7, 11) is 1.12. The second-order valence-corrected chi connectivity index (χ2v) is 5.90. The van der Waals surface area contributed by atoms with Gasteiger partial charge >= 0.3 is 0 Å². The Morgan fingerprint density at radius 2 is 1.71 bits per heavy atom. The van der Waals surface area contributed by atoms with E-state index in [9.17, 15) is 17.6 Å². The molecule has 0 unspecified atom stereocenters. The first-order chi connectivity index (χ1) is 11.1. The van der Waals surface area contributed by atoms with Crippen molar-refractivity contribution in [2.75, 3.05) is 18.2 Å². The minimum absolute atomic E-state index is 0.321. The summed E-state index contributed by atoms with van der Waals surface area (Å²) in [6, 6.07) is 0. The van der Waals surface area contributed by atoms with E-state index < -0.39 is 33.3 Å². The number of aromatic nitrogens is 3. The number of halogens is 5. The molecule has 1 aromatic carbocycles. The van der Waals surface area contributed by atoms with E-state index in [1.165, 1.54) is 13.8 Å². The summed E-state index contributed by atoms with van der Waals surface area (Å²) in [6.07, 6.45) is 0. The van der Waals surface area contributed by atoms with Gasteiger partial charge in [0.2, 0.25) is 11.9 Å². The lowest BCUT2D eigenvalue weighted by Crippen LogP contribution is -2.18. The first-order valence-corrected chi connectivity index (χ1v) is 7.23. The summed E-state index contributed by atoms with van der Waals surface area (Å²) in [4.78, 5) is 11.1. The Balaban J connectivity index is 2.59. The number of nitrogen functional groups attached to an aromatic ring is 1. The molecular weight excluding hydrogens is 398 g/mol. The summed E-state index contributed by atoms with van der Waals surface area (Å²) < 4.78 is 59.6. The molecule has 0 saturated carbocycles. The summed E-state index contributed by atoms with van der Waals surface area (Å²) in [5.74, 6) is -6.15. The van der Waals surface area contributed by atoms with Gasteiger partial charge in [0.1, 0.15) is 10.2 Å². The molecule has 6 nitrogen and oxygen atoms in total. The van der Waals surface area contributed by atoms with Gasteiger partial charge < -0.3 is 15.8 Å². The number of nitrogens with one attached hydrogen (secondary N) is 1. The van der Waals surface area contributed by atoms with Crippen molar-refractivity contribution >= 4 is 33.5 Å². The molecule has 2 rings (SSSR count). The number of anilines is 3. The standard InChI is InChI=1S/C13H12BrF4N5O/c1-13(2,18)10-21-11(19)23-12(22-10)20-8-7(17)6(16)5(15)4(14)9(8)24-3/h1-3H3,(H3,19,20,21,22,23). The summed E-state index contributed by atoms with van der Waals surface area (Å²) in [6.45, 7) is 2.36. The zero-order valence-electron chi connectivity index (χ0n) is 12.7. The third-order valence-corrected chi connectivity index (χ3v) is 3.56. The lowest BCUT2D eigenvalue weighted by Gasteiger charge is -2.16. The molecule has 0 spiro atoms. The van der Waals surface area contributed by atoms with Crippen molar-refractivity contribution < 1.29 is 22.3 Å². The quantitative estimate of drug-likeness (QED) is 0.455. The normalized spacial score (nSPS) is 11.5. The second kappa shape index (κ2) is 6.38. The van der Waals surface area contributed by atoms with Crippen LogP contribution in [0.4, 0.5) is 35.1 Å². The van der Waals surface area contributed by atoms with Crippen LogP contribution in [0.1, 0.15) is 19.7 Å². The van der Waals surface area contributed by atoms with E-state index in [1.807, 2.05) is 0 Å². The fraction of sp³-hybridized carbons (Fsp3) is 0.308. The van der Waals surface area contributed by atoms with Gasteiger partial charge in [-0.2, -0.15) is 15.0 Å². The highest BCUT2D eigenvalue weighted by atomic mass is 79.9. The Morgan fingerprint density at radius 3 is 2.25 bits per heavy atom. The number of hydrogen-bond acceptors (Lipinski definition) is 6. The van der Waals surface area contributed by atoms with Gasteiger partial charge in [0.25, 0.3) is 0 Å². The van der Waals surface area contributed by atoms with Crippen LogP contribution in [-0.2, 0) is 5.67 Å².